The highest BCUT2D eigenvalue weighted by atomic mass is 16.2. The molecule has 4 rings (SSSR count). The molecule has 3 aliphatic rings. The third-order valence-electron chi connectivity index (χ3n) is 5.36. The SMILES string of the molecule is Cn1nc(NC2C3C4CCC(C4)C23)c(=O)n(C)c1=O. The van der Waals surface area contributed by atoms with Crippen molar-refractivity contribution in [1.29, 1.82) is 0 Å². The zero-order valence-electron chi connectivity index (χ0n) is 11.2. The highest BCUT2D eigenvalue weighted by Gasteiger charge is 2.65. The molecule has 6 heteroatoms. The molecule has 1 aromatic heterocycles. The molecule has 4 unspecified atom stereocenters. The van der Waals surface area contributed by atoms with Gasteiger partial charge in [-0.1, -0.05) is 0 Å². The third-order valence-corrected chi connectivity index (χ3v) is 5.36. The zero-order valence-corrected chi connectivity index (χ0v) is 11.2. The molecular formula is C13H18N4O2. The molecule has 0 spiro atoms. The predicted octanol–water partition coefficient (Wildman–Crippen LogP) is -0.0646. The molecule has 1 heterocycles. The summed E-state index contributed by atoms with van der Waals surface area (Å²) in [6, 6.07) is 0.406. The molecule has 4 atom stereocenters. The Bertz CT molecular complexity index is 646. The van der Waals surface area contributed by atoms with Crippen molar-refractivity contribution in [3.8, 4) is 0 Å². The summed E-state index contributed by atoms with van der Waals surface area (Å²) >= 11 is 0. The van der Waals surface area contributed by atoms with Crippen LogP contribution < -0.4 is 16.6 Å². The first-order valence-corrected chi connectivity index (χ1v) is 6.99. The Balaban J connectivity index is 1.63. The quantitative estimate of drug-likeness (QED) is 0.810. The van der Waals surface area contributed by atoms with Crippen molar-refractivity contribution < 1.29 is 0 Å². The summed E-state index contributed by atoms with van der Waals surface area (Å²) < 4.78 is 2.33. The molecule has 0 amide bonds. The van der Waals surface area contributed by atoms with Gasteiger partial charge in [-0.25, -0.2) is 9.48 Å². The molecule has 0 aliphatic heterocycles. The lowest BCUT2D eigenvalue weighted by Gasteiger charge is -2.11. The van der Waals surface area contributed by atoms with Crippen LogP contribution in [0, 0.1) is 23.7 Å². The fourth-order valence-corrected chi connectivity index (χ4v) is 4.47. The van der Waals surface area contributed by atoms with Crippen LogP contribution >= 0.6 is 0 Å². The minimum absolute atomic E-state index is 0.319. The van der Waals surface area contributed by atoms with E-state index in [1.165, 1.54) is 31.0 Å². The first-order valence-electron chi connectivity index (χ1n) is 6.99. The van der Waals surface area contributed by atoms with Gasteiger partial charge < -0.3 is 5.32 Å². The lowest BCUT2D eigenvalue weighted by atomic mass is 10.0. The molecule has 0 saturated heterocycles. The number of fused-ring (bicyclic) bond motifs is 5. The van der Waals surface area contributed by atoms with Crippen molar-refractivity contribution in [2.24, 2.45) is 37.8 Å². The molecule has 102 valence electrons. The summed E-state index contributed by atoms with van der Waals surface area (Å²) in [5.41, 5.74) is -0.702. The predicted molar refractivity (Wildman–Crippen MR) is 69.9 cm³/mol. The molecule has 6 nitrogen and oxygen atoms in total. The number of nitrogens with one attached hydrogen (secondary N) is 1. The maximum atomic E-state index is 12.0. The van der Waals surface area contributed by atoms with E-state index in [0.29, 0.717) is 11.9 Å². The third kappa shape index (κ3) is 1.40. The van der Waals surface area contributed by atoms with E-state index in [9.17, 15) is 9.59 Å². The second-order valence-corrected chi connectivity index (χ2v) is 6.28. The number of hydrogen-bond acceptors (Lipinski definition) is 4. The summed E-state index contributed by atoms with van der Waals surface area (Å²) in [5.74, 6) is 3.50. The highest BCUT2D eigenvalue weighted by Crippen LogP contribution is 2.66. The van der Waals surface area contributed by atoms with E-state index in [4.69, 9.17) is 0 Å². The Morgan fingerprint density at radius 3 is 2.42 bits per heavy atom. The maximum absolute atomic E-state index is 12.0. The van der Waals surface area contributed by atoms with Gasteiger partial charge in [0.25, 0.3) is 5.56 Å². The topological polar surface area (TPSA) is 68.9 Å². The largest absolute Gasteiger partial charge is 0.361 e. The van der Waals surface area contributed by atoms with Crippen LogP contribution in [0.25, 0.3) is 0 Å². The average Bonchev–Trinajstić information content (AvgIpc) is 2.80. The first kappa shape index (κ1) is 11.3. The standard InChI is InChI=1S/C13H18N4O2/c1-16-12(18)11(15-17(2)13(16)19)14-10-8-6-3-4-7(5-6)9(8)10/h6-10H,3-5H2,1-2H3,(H,14,15). The minimum Gasteiger partial charge on any atom is -0.361 e. The van der Waals surface area contributed by atoms with E-state index in [-0.39, 0.29) is 11.2 Å². The molecule has 1 aromatic rings. The van der Waals surface area contributed by atoms with Gasteiger partial charge in [-0.15, -0.1) is 5.10 Å². The number of rotatable bonds is 2. The van der Waals surface area contributed by atoms with Crippen LogP contribution in [0.5, 0.6) is 0 Å². The summed E-state index contributed by atoms with van der Waals surface area (Å²) in [7, 11) is 3.07. The molecular weight excluding hydrogens is 244 g/mol. The summed E-state index contributed by atoms with van der Waals surface area (Å²) in [6.07, 6.45) is 4.08. The van der Waals surface area contributed by atoms with Crippen LogP contribution in [0.2, 0.25) is 0 Å². The van der Waals surface area contributed by atoms with Crippen LogP contribution in [0.1, 0.15) is 19.3 Å². The van der Waals surface area contributed by atoms with Crippen molar-refractivity contribution in [1.82, 2.24) is 14.3 Å². The molecule has 0 aromatic carbocycles. The Labute approximate surface area is 110 Å². The molecule has 1 N–H and O–H groups in total. The lowest BCUT2D eigenvalue weighted by Crippen LogP contribution is -2.40. The van der Waals surface area contributed by atoms with Crippen molar-refractivity contribution >= 4 is 5.82 Å². The van der Waals surface area contributed by atoms with Crippen molar-refractivity contribution in [3.05, 3.63) is 20.8 Å². The van der Waals surface area contributed by atoms with Crippen LogP contribution in [-0.4, -0.2) is 20.4 Å². The molecule has 3 saturated carbocycles. The zero-order chi connectivity index (χ0) is 13.3. The average molecular weight is 262 g/mol. The van der Waals surface area contributed by atoms with E-state index < -0.39 is 0 Å². The fraction of sp³-hybridized carbons (Fsp3) is 0.769. The highest BCUT2D eigenvalue weighted by molar-refractivity contribution is 5.37. The number of nitrogens with zero attached hydrogens (tertiary/aromatic N) is 3. The van der Waals surface area contributed by atoms with Gasteiger partial charge in [0.15, 0.2) is 0 Å². The van der Waals surface area contributed by atoms with Gasteiger partial charge in [-0.05, 0) is 42.9 Å². The van der Waals surface area contributed by atoms with Gasteiger partial charge in [-0.3, -0.25) is 9.36 Å². The van der Waals surface area contributed by atoms with Crippen molar-refractivity contribution in [2.75, 3.05) is 5.32 Å². The van der Waals surface area contributed by atoms with E-state index in [1.807, 2.05) is 0 Å². The van der Waals surface area contributed by atoms with Crippen LogP contribution in [0.4, 0.5) is 5.82 Å². The molecule has 3 fully saturated rings. The normalized spacial score (nSPS) is 38.3. The van der Waals surface area contributed by atoms with Gasteiger partial charge in [0.1, 0.15) is 0 Å². The van der Waals surface area contributed by atoms with Gasteiger partial charge in [0, 0.05) is 20.1 Å². The van der Waals surface area contributed by atoms with Gasteiger partial charge in [-0.2, -0.15) is 0 Å². The summed E-state index contributed by atoms with van der Waals surface area (Å²) in [6.45, 7) is 0. The Hall–Kier alpha value is -1.59. The lowest BCUT2D eigenvalue weighted by molar-refractivity contribution is 0.456. The van der Waals surface area contributed by atoms with Crippen LogP contribution in [-0.2, 0) is 14.1 Å². The van der Waals surface area contributed by atoms with Gasteiger partial charge >= 0.3 is 5.69 Å². The van der Waals surface area contributed by atoms with Crippen molar-refractivity contribution in [2.45, 2.75) is 25.3 Å². The minimum atomic E-state index is -0.383. The van der Waals surface area contributed by atoms with E-state index in [2.05, 4.69) is 10.4 Å². The van der Waals surface area contributed by atoms with Gasteiger partial charge in [0.2, 0.25) is 5.82 Å². The monoisotopic (exact) mass is 262 g/mol. The Morgan fingerprint density at radius 1 is 1.16 bits per heavy atom. The molecule has 2 bridgehead atoms. The molecule has 0 radical (unpaired) electrons. The Kier molecular flexibility index (Phi) is 2.07. The van der Waals surface area contributed by atoms with E-state index in [1.54, 1.807) is 7.05 Å². The van der Waals surface area contributed by atoms with E-state index in [0.717, 1.165) is 28.2 Å². The van der Waals surface area contributed by atoms with Crippen LogP contribution in [0.3, 0.4) is 0 Å². The summed E-state index contributed by atoms with van der Waals surface area (Å²) in [5, 5.41) is 7.36. The number of hydrogen-bond donors (Lipinski definition) is 1. The number of aryl methyl sites for hydroxylation is 1. The Morgan fingerprint density at radius 2 is 1.79 bits per heavy atom. The maximum Gasteiger partial charge on any atom is 0.346 e. The fourth-order valence-electron chi connectivity index (χ4n) is 4.47. The van der Waals surface area contributed by atoms with Gasteiger partial charge in [0.05, 0.1) is 0 Å². The molecule has 19 heavy (non-hydrogen) atoms. The second kappa shape index (κ2) is 3.49. The number of anilines is 1. The second-order valence-electron chi connectivity index (χ2n) is 6.28. The smallest absolute Gasteiger partial charge is 0.346 e. The van der Waals surface area contributed by atoms with E-state index >= 15 is 0 Å². The molecule has 3 aliphatic carbocycles. The summed E-state index contributed by atoms with van der Waals surface area (Å²) in [4.78, 5) is 23.6. The number of aromatic nitrogens is 3. The van der Waals surface area contributed by atoms with Crippen LogP contribution in [0.15, 0.2) is 9.59 Å². The first-order chi connectivity index (χ1) is 9.08. The van der Waals surface area contributed by atoms with Crippen molar-refractivity contribution in [3.63, 3.8) is 0 Å².